The lowest BCUT2D eigenvalue weighted by molar-refractivity contribution is 0.922. The van der Waals surface area contributed by atoms with E-state index in [-0.39, 0.29) is 5.38 Å². The zero-order valence-corrected chi connectivity index (χ0v) is 5.44. The molecule has 0 heterocycles. The summed E-state index contributed by atoms with van der Waals surface area (Å²) in [5.41, 5.74) is 8.13. The Hall–Kier alpha value is -0.410. The summed E-state index contributed by atoms with van der Waals surface area (Å²) in [6.45, 7) is 1.77. The van der Waals surface area contributed by atoms with Crippen LogP contribution in [-0.4, -0.2) is 5.38 Å². The van der Waals surface area contributed by atoms with Crippen LogP contribution in [0.15, 0.2) is 11.9 Å². The van der Waals surface area contributed by atoms with Crippen molar-refractivity contribution < 1.29 is 0 Å². The number of hydrogen-bond acceptors (Lipinski definition) is 3. The molecule has 0 aromatic heterocycles. The van der Waals surface area contributed by atoms with Crippen molar-refractivity contribution in [1.29, 1.82) is 0 Å². The van der Waals surface area contributed by atoms with Crippen molar-refractivity contribution in [1.82, 2.24) is 5.43 Å². The van der Waals surface area contributed by atoms with E-state index in [4.69, 9.17) is 23.2 Å². The molecule has 48 valence electrons. The first-order chi connectivity index (χ1) is 3.68. The van der Waals surface area contributed by atoms with Crippen molar-refractivity contribution >= 4 is 11.6 Å². The maximum absolute atomic E-state index is 5.52. The zero-order chi connectivity index (χ0) is 6.57. The van der Waals surface area contributed by atoms with Crippen LogP contribution in [0.2, 0.25) is 0 Å². The van der Waals surface area contributed by atoms with E-state index in [0.717, 1.165) is 0 Å². The van der Waals surface area contributed by atoms with Crippen molar-refractivity contribution in [3.8, 4) is 0 Å². The minimum atomic E-state index is -0.161. The standard InChI is InChI=1S/C4H10ClN3/c1-3(5)4(6)2-8-7/h2-3,8H,6-7H2,1H3/b4-2+. The van der Waals surface area contributed by atoms with Gasteiger partial charge in [-0.05, 0) is 6.92 Å². The maximum atomic E-state index is 5.52. The molecule has 0 saturated carbocycles. The fourth-order valence-corrected chi connectivity index (χ4v) is 0.274. The Labute approximate surface area is 53.6 Å². The lowest BCUT2D eigenvalue weighted by Crippen LogP contribution is -2.19. The van der Waals surface area contributed by atoms with E-state index in [1.165, 1.54) is 6.20 Å². The highest BCUT2D eigenvalue weighted by Gasteiger charge is 1.95. The van der Waals surface area contributed by atoms with E-state index < -0.39 is 0 Å². The SMILES string of the molecule is CC(Cl)/C(N)=C\NN. The van der Waals surface area contributed by atoms with Crippen LogP contribution in [0.4, 0.5) is 0 Å². The van der Waals surface area contributed by atoms with Crippen LogP contribution in [-0.2, 0) is 0 Å². The molecule has 8 heavy (non-hydrogen) atoms. The molecule has 0 aromatic carbocycles. The highest BCUT2D eigenvalue weighted by molar-refractivity contribution is 6.22. The smallest absolute Gasteiger partial charge is 0.0717 e. The topological polar surface area (TPSA) is 64.1 Å². The Kier molecular flexibility index (Phi) is 3.39. The van der Waals surface area contributed by atoms with Crippen molar-refractivity contribution in [2.24, 2.45) is 11.6 Å². The van der Waals surface area contributed by atoms with E-state index in [1.807, 2.05) is 0 Å². The normalized spacial score (nSPS) is 15.6. The van der Waals surface area contributed by atoms with Gasteiger partial charge >= 0.3 is 0 Å². The Morgan fingerprint density at radius 3 is 2.50 bits per heavy atom. The molecule has 0 aliphatic heterocycles. The third-order valence-electron chi connectivity index (χ3n) is 0.709. The Bertz CT molecular complexity index is 89.3. The number of allylic oxidation sites excluding steroid dienone is 1. The van der Waals surface area contributed by atoms with Crippen LogP contribution >= 0.6 is 11.6 Å². The van der Waals surface area contributed by atoms with Crippen molar-refractivity contribution in [3.63, 3.8) is 0 Å². The van der Waals surface area contributed by atoms with E-state index in [2.05, 4.69) is 5.43 Å². The number of hydrazine groups is 1. The molecule has 4 heteroatoms. The first-order valence-corrected chi connectivity index (χ1v) is 2.68. The van der Waals surface area contributed by atoms with Crippen molar-refractivity contribution in [3.05, 3.63) is 11.9 Å². The third-order valence-corrected chi connectivity index (χ3v) is 0.961. The predicted octanol–water partition coefficient (Wildman–Crippen LogP) is -0.123. The molecule has 0 rings (SSSR count). The summed E-state index contributed by atoms with van der Waals surface area (Å²) in [5, 5.41) is -0.161. The summed E-state index contributed by atoms with van der Waals surface area (Å²) < 4.78 is 0. The molecule has 0 saturated heterocycles. The summed E-state index contributed by atoms with van der Waals surface area (Å²) in [7, 11) is 0. The molecule has 0 bridgehead atoms. The number of nitrogens with two attached hydrogens (primary N) is 2. The molecule has 0 aliphatic carbocycles. The summed E-state index contributed by atoms with van der Waals surface area (Å²) in [5.74, 6) is 4.90. The highest BCUT2D eigenvalue weighted by atomic mass is 35.5. The van der Waals surface area contributed by atoms with Crippen LogP contribution in [0, 0.1) is 0 Å². The molecule has 0 amide bonds. The molecule has 1 atom stereocenters. The third kappa shape index (κ3) is 2.71. The summed E-state index contributed by atoms with van der Waals surface area (Å²) in [6, 6.07) is 0. The average Bonchev–Trinajstić information content (AvgIpc) is 1.67. The highest BCUT2D eigenvalue weighted by Crippen LogP contribution is 1.99. The molecule has 0 aliphatic rings. The number of rotatable bonds is 2. The van der Waals surface area contributed by atoms with E-state index in [1.54, 1.807) is 6.92 Å². The van der Waals surface area contributed by atoms with Crippen molar-refractivity contribution in [2.75, 3.05) is 0 Å². The van der Waals surface area contributed by atoms with Crippen LogP contribution < -0.4 is 17.0 Å². The lowest BCUT2D eigenvalue weighted by Gasteiger charge is -2.00. The first kappa shape index (κ1) is 7.59. The fourth-order valence-electron chi connectivity index (χ4n) is 0.211. The summed E-state index contributed by atoms with van der Waals surface area (Å²) in [4.78, 5) is 0. The monoisotopic (exact) mass is 135 g/mol. The predicted molar refractivity (Wildman–Crippen MR) is 34.9 cm³/mol. The lowest BCUT2D eigenvalue weighted by atomic mass is 10.4. The minimum Gasteiger partial charge on any atom is -0.400 e. The minimum absolute atomic E-state index is 0.161. The van der Waals surface area contributed by atoms with Crippen LogP contribution in [0.1, 0.15) is 6.92 Å². The molecule has 5 N–H and O–H groups in total. The van der Waals surface area contributed by atoms with Gasteiger partial charge < -0.3 is 11.2 Å². The average molecular weight is 136 g/mol. The van der Waals surface area contributed by atoms with Gasteiger partial charge in [0.15, 0.2) is 0 Å². The second-order valence-corrected chi connectivity index (χ2v) is 2.08. The first-order valence-electron chi connectivity index (χ1n) is 2.24. The van der Waals surface area contributed by atoms with Gasteiger partial charge in [-0.2, -0.15) is 0 Å². The second-order valence-electron chi connectivity index (χ2n) is 1.43. The Morgan fingerprint density at radius 1 is 1.88 bits per heavy atom. The number of nitrogens with one attached hydrogen (secondary N) is 1. The molecular formula is C4H10ClN3. The van der Waals surface area contributed by atoms with Gasteiger partial charge in [-0.25, -0.2) is 0 Å². The van der Waals surface area contributed by atoms with Crippen LogP contribution in [0.25, 0.3) is 0 Å². The van der Waals surface area contributed by atoms with E-state index in [0.29, 0.717) is 5.70 Å². The molecule has 0 fully saturated rings. The number of hydrogen-bond donors (Lipinski definition) is 3. The van der Waals surface area contributed by atoms with Gasteiger partial charge in [0.05, 0.1) is 5.38 Å². The molecule has 0 radical (unpaired) electrons. The van der Waals surface area contributed by atoms with Gasteiger partial charge in [-0.15, -0.1) is 11.6 Å². The molecular weight excluding hydrogens is 126 g/mol. The molecule has 1 unspecified atom stereocenters. The summed E-state index contributed by atoms with van der Waals surface area (Å²) in [6.07, 6.45) is 1.46. The Balaban J connectivity index is 3.61. The second kappa shape index (κ2) is 3.57. The largest absolute Gasteiger partial charge is 0.400 e. The molecule has 3 nitrogen and oxygen atoms in total. The van der Waals surface area contributed by atoms with Gasteiger partial charge in [0.2, 0.25) is 0 Å². The molecule has 0 aromatic rings. The van der Waals surface area contributed by atoms with Gasteiger partial charge in [0, 0.05) is 11.9 Å². The zero-order valence-electron chi connectivity index (χ0n) is 4.69. The van der Waals surface area contributed by atoms with Gasteiger partial charge in [-0.1, -0.05) is 0 Å². The number of halogens is 1. The quantitative estimate of drug-likeness (QED) is 0.281. The van der Waals surface area contributed by atoms with E-state index in [9.17, 15) is 0 Å². The van der Waals surface area contributed by atoms with Crippen LogP contribution in [0.5, 0.6) is 0 Å². The summed E-state index contributed by atoms with van der Waals surface area (Å²) >= 11 is 5.52. The molecule has 0 spiro atoms. The van der Waals surface area contributed by atoms with E-state index >= 15 is 0 Å². The van der Waals surface area contributed by atoms with Crippen LogP contribution in [0.3, 0.4) is 0 Å². The van der Waals surface area contributed by atoms with Gasteiger partial charge in [0.25, 0.3) is 0 Å². The Morgan fingerprint density at radius 2 is 2.38 bits per heavy atom. The van der Waals surface area contributed by atoms with Gasteiger partial charge in [-0.3, -0.25) is 5.84 Å². The maximum Gasteiger partial charge on any atom is 0.0717 e. The number of alkyl halides is 1. The fraction of sp³-hybridized carbons (Fsp3) is 0.500. The van der Waals surface area contributed by atoms with Gasteiger partial charge in [0.1, 0.15) is 0 Å². The van der Waals surface area contributed by atoms with Crippen molar-refractivity contribution in [2.45, 2.75) is 12.3 Å².